The van der Waals surface area contributed by atoms with Gasteiger partial charge >= 0.3 is 0 Å². The van der Waals surface area contributed by atoms with Crippen LogP contribution in [0, 0.1) is 5.82 Å². The Morgan fingerprint density at radius 2 is 1.96 bits per heavy atom. The lowest BCUT2D eigenvalue weighted by Gasteiger charge is -2.04. The maximum Gasteiger partial charge on any atom is 0.244 e. The van der Waals surface area contributed by atoms with Crippen LogP contribution in [-0.2, 0) is 4.79 Å². The number of benzene rings is 2. The molecule has 1 amide bonds. The summed E-state index contributed by atoms with van der Waals surface area (Å²) in [5.74, 6) is 1.24. The zero-order valence-corrected chi connectivity index (χ0v) is 14.3. The third-order valence-electron chi connectivity index (χ3n) is 3.26. The molecular weight excluding hydrogens is 325 g/mol. The normalized spacial score (nSPS) is 10.8. The number of methoxy groups -OCH3 is 1. The molecule has 2 rings (SSSR count). The number of hydrogen-bond donors (Lipinski definition) is 1. The van der Waals surface area contributed by atoms with Crippen molar-refractivity contribution in [1.82, 2.24) is 5.32 Å². The van der Waals surface area contributed by atoms with Crippen LogP contribution in [0.4, 0.5) is 4.39 Å². The Kier molecular flexibility index (Phi) is 7.36. The van der Waals surface area contributed by atoms with Crippen LogP contribution < -0.4 is 10.1 Å². The molecular formula is C19H20FNO2S. The van der Waals surface area contributed by atoms with Gasteiger partial charge in [0.25, 0.3) is 0 Å². The fourth-order valence-electron chi connectivity index (χ4n) is 2.03. The van der Waals surface area contributed by atoms with Gasteiger partial charge in [-0.15, -0.1) is 11.8 Å². The molecule has 0 aliphatic carbocycles. The van der Waals surface area contributed by atoms with E-state index in [4.69, 9.17) is 4.74 Å². The molecule has 0 fully saturated rings. The number of nitrogens with one attached hydrogen (secondary N) is 1. The Morgan fingerprint density at radius 1 is 1.21 bits per heavy atom. The van der Waals surface area contributed by atoms with Crippen LogP contribution in [-0.4, -0.2) is 25.3 Å². The van der Waals surface area contributed by atoms with E-state index >= 15 is 0 Å². The number of ether oxygens (including phenoxy) is 1. The van der Waals surface area contributed by atoms with Gasteiger partial charge in [-0.25, -0.2) is 4.39 Å². The molecule has 0 aromatic heterocycles. The van der Waals surface area contributed by atoms with Gasteiger partial charge < -0.3 is 10.1 Å². The molecule has 0 aliphatic rings. The summed E-state index contributed by atoms with van der Waals surface area (Å²) in [6.45, 7) is 0.600. The third-order valence-corrected chi connectivity index (χ3v) is 4.35. The van der Waals surface area contributed by atoms with Gasteiger partial charge in [-0.2, -0.15) is 0 Å². The standard InChI is InChI=1S/C19H20FNO2S/c1-23-18-6-3-2-5-15(18)7-12-19(22)21-13-4-14-24-17-10-8-16(20)9-11-17/h2-3,5-12H,4,13-14H2,1H3,(H,21,22). The van der Waals surface area contributed by atoms with Crippen molar-refractivity contribution in [3.05, 3.63) is 66.0 Å². The third kappa shape index (κ3) is 6.08. The molecule has 126 valence electrons. The van der Waals surface area contributed by atoms with Crippen molar-refractivity contribution >= 4 is 23.7 Å². The summed E-state index contributed by atoms with van der Waals surface area (Å²) < 4.78 is 18.0. The summed E-state index contributed by atoms with van der Waals surface area (Å²) in [6.07, 6.45) is 4.09. The lowest BCUT2D eigenvalue weighted by atomic mass is 10.2. The Balaban J connectivity index is 1.68. The summed E-state index contributed by atoms with van der Waals surface area (Å²) >= 11 is 1.64. The first kappa shape index (κ1) is 18.1. The van der Waals surface area contributed by atoms with Crippen molar-refractivity contribution in [3.63, 3.8) is 0 Å². The van der Waals surface area contributed by atoms with Gasteiger partial charge in [0.05, 0.1) is 7.11 Å². The lowest BCUT2D eigenvalue weighted by molar-refractivity contribution is -0.116. The predicted molar refractivity (Wildman–Crippen MR) is 96.8 cm³/mol. The molecule has 1 N–H and O–H groups in total. The van der Waals surface area contributed by atoms with Crippen LogP contribution in [0.15, 0.2) is 59.5 Å². The van der Waals surface area contributed by atoms with Crippen molar-refractivity contribution in [2.75, 3.05) is 19.4 Å². The predicted octanol–water partition coefficient (Wildman–Crippen LogP) is 4.15. The van der Waals surface area contributed by atoms with Gasteiger partial charge in [0.1, 0.15) is 11.6 Å². The zero-order chi connectivity index (χ0) is 17.2. The molecule has 0 bridgehead atoms. The summed E-state index contributed by atoms with van der Waals surface area (Å²) in [4.78, 5) is 12.8. The summed E-state index contributed by atoms with van der Waals surface area (Å²) in [7, 11) is 1.60. The topological polar surface area (TPSA) is 38.3 Å². The molecule has 0 spiro atoms. The fraction of sp³-hybridized carbons (Fsp3) is 0.211. The minimum Gasteiger partial charge on any atom is -0.496 e. The van der Waals surface area contributed by atoms with E-state index in [1.165, 1.54) is 18.2 Å². The molecule has 0 unspecified atom stereocenters. The van der Waals surface area contributed by atoms with Crippen molar-refractivity contribution in [3.8, 4) is 5.75 Å². The molecule has 24 heavy (non-hydrogen) atoms. The number of carbonyl (C=O) groups is 1. The van der Waals surface area contributed by atoms with Gasteiger partial charge in [-0.1, -0.05) is 18.2 Å². The van der Waals surface area contributed by atoms with Gasteiger partial charge in [0.15, 0.2) is 0 Å². The molecule has 0 saturated carbocycles. The van der Waals surface area contributed by atoms with Crippen LogP contribution in [0.2, 0.25) is 0 Å². The second-order valence-corrected chi connectivity index (χ2v) is 6.19. The number of thioether (sulfide) groups is 1. The number of para-hydroxylation sites is 1. The second-order valence-electron chi connectivity index (χ2n) is 5.02. The molecule has 0 aliphatic heterocycles. The Bertz CT molecular complexity index is 686. The number of halogens is 1. The van der Waals surface area contributed by atoms with Gasteiger partial charge in [0, 0.05) is 23.1 Å². The molecule has 0 saturated heterocycles. The number of rotatable bonds is 8. The van der Waals surface area contributed by atoms with E-state index in [0.717, 1.165) is 28.4 Å². The monoisotopic (exact) mass is 345 g/mol. The maximum absolute atomic E-state index is 12.8. The van der Waals surface area contributed by atoms with E-state index < -0.39 is 0 Å². The van der Waals surface area contributed by atoms with Gasteiger partial charge in [-0.3, -0.25) is 4.79 Å². The minimum absolute atomic E-state index is 0.132. The quantitative estimate of drug-likeness (QED) is 0.444. The van der Waals surface area contributed by atoms with E-state index in [2.05, 4.69) is 5.32 Å². The van der Waals surface area contributed by atoms with E-state index in [1.54, 1.807) is 37.1 Å². The summed E-state index contributed by atoms with van der Waals surface area (Å²) in [6, 6.07) is 13.9. The average molecular weight is 345 g/mol. The highest BCUT2D eigenvalue weighted by molar-refractivity contribution is 7.99. The smallest absolute Gasteiger partial charge is 0.244 e. The highest BCUT2D eigenvalue weighted by Crippen LogP contribution is 2.19. The highest BCUT2D eigenvalue weighted by Gasteiger charge is 2.00. The number of amides is 1. The highest BCUT2D eigenvalue weighted by atomic mass is 32.2. The largest absolute Gasteiger partial charge is 0.496 e. The van der Waals surface area contributed by atoms with Crippen LogP contribution in [0.1, 0.15) is 12.0 Å². The number of carbonyl (C=O) groups excluding carboxylic acids is 1. The van der Waals surface area contributed by atoms with Crippen LogP contribution in [0.3, 0.4) is 0 Å². The van der Waals surface area contributed by atoms with Crippen molar-refractivity contribution in [2.45, 2.75) is 11.3 Å². The van der Waals surface area contributed by atoms with Crippen LogP contribution in [0.25, 0.3) is 6.08 Å². The molecule has 3 nitrogen and oxygen atoms in total. The van der Waals surface area contributed by atoms with Gasteiger partial charge in [-0.05, 0) is 48.6 Å². The van der Waals surface area contributed by atoms with Crippen molar-refractivity contribution in [2.24, 2.45) is 0 Å². The molecule has 0 radical (unpaired) electrons. The second kappa shape index (κ2) is 9.78. The summed E-state index contributed by atoms with van der Waals surface area (Å²) in [5, 5.41) is 2.85. The Labute approximate surface area is 145 Å². The van der Waals surface area contributed by atoms with Crippen LogP contribution >= 0.6 is 11.8 Å². The Hall–Kier alpha value is -2.27. The minimum atomic E-state index is -0.228. The first-order valence-electron chi connectivity index (χ1n) is 7.66. The first-order valence-corrected chi connectivity index (χ1v) is 8.65. The van der Waals surface area contributed by atoms with Crippen molar-refractivity contribution in [1.29, 1.82) is 0 Å². The molecule has 2 aromatic rings. The zero-order valence-electron chi connectivity index (χ0n) is 13.5. The molecule has 2 aromatic carbocycles. The first-order chi connectivity index (χ1) is 11.7. The van der Waals surface area contributed by atoms with Crippen molar-refractivity contribution < 1.29 is 13.9 Å². The fourth-order valence-corrected chi connectivity index (χ4v) is 2.89. The van der Waals surface area contributed by atoms with E-state index in [-0.39, 0.29) is 11.7 Å². The maximum atomic E-state index is 12.8. The summed E-state index contributed by atoms with van der Waals surface area (Å²) in [5.41, 5.74) is 0.863. The average Bonchev–Trinajstić information content (AvgIpc) is 2.61. The van der Waals surface area contributed by atoms with E-state index in [9.17, 15) is 9.18 Å². The molecule has 5 heteroatoms. The SMILES string of the molecule is COc1ccccc1C=CC(=O)NCCCSc1ccc(F)cc1. The Morgan fingerprint density at radius 3 is 2.71 bits per heavy atom. The molecule has 0 heterocycles. The lowest BCUT2D eigenvalue weighted by Crippen LogP contribution is -2.22. The van der Waals surface area contributed by atoms with Gasteiger partial charge in [0.2, 0.25) is 5.91 Å². The number of hydrogen-bond acceptors (Lipinski definition) is 3. The van der Waals surface area contributed by atoms with E-state index in [1.807, 2.05) is 24.3 Å². The van der Waals surface area contributed by atoms with Crippen LogP contribution in [0.5, 0.6) is 5.75 Å². The molecule has 0 atom stereocenters. The van der Waals surface area contributed by atoms with E-state index in [0.29, 0.717) is 6.54 Å².